The normalized spacial score (nSPS) is 10.8. The van der Waals surface area contributed by atoms with Crippen LogP contribution in [-0.2, 0) is 0 Å². The molecule has 0 fully saturated rings. The number of nitrogens with zero attached hydrogens (tertiary/aromatic N) is 1. The second kappa shape index (κ2) is 11.5. The third-order valence-electron chi connectivity index (χ3n) is 4.43. The van der Waals surface area contributed by atoms with Gasteiger partial charge in [-0.25, -0.2) is 4.98 Å². The number of aromatic hydroxyl groups is 1. The molecule has 0 atom stereocenters. The van der Waals surface area contributed by atoms with Crippen molar-refractivity contribution in [2.45, 2.75) is 64.7 Å². The van der Waals surface area contributed by atoms with E-state index in [4.69, 9.17) is 4.74 Å². The molecule has 25 heavy (non-hydrogen) atoms. The molecule has 0 radical (unpaired) electrons. The highest BCUT2D eigenvalue weighted by Crippen LogP contribution is 2.22. The van der Waals surface area contributed by atoms with Crippen LogP contribution < -0.4 is 4.74 Å². The zero-order valence-electron chi connectivity index (χ0n) is 15.4. The number of phenolic OH excluding ortho intramolecular Hbond substituents is 1. The summed E-state index contributed by atoms with van der Waals surface area (Å²) in [7, 11) is 0. The Bertz CT molecular complexity index is 578. The predicted octanol–water partition coefficient (Wildman–Crippen LogP) is 6.36. The largest absolute Gasteiger partial charge is 0.508 e. The van der Waals surface area contributed by atoms with Crippen molar-refractivity contribution in [1.82, 2.24) is 4.98 Å². The Labute approximate surface area is 152 Å². The highest BCUT2D eigenvalue weighted by molar-refractivity contribution is 5.63. The molecule has 0 aliphatic heterocycles. The van der Waals surface area contributed by atoms with E-state index in [-0.39, 0.29) is 5.75 Å². The van der Waals surface area contributed by atoms with Crippen LogP contribution in [0.15, 0.2) is 42.6 Å². The minimum absolute atomic E-state index is 0.276. The van der Waals surface area contributed by atoms with Gasteiger partial charge in [0.1, 0.15) is 5.75 Å². The number of aromatic nitrogens is 1. The third-order valence-corrected chi connectivity index (χ3v) is 4.43. The van der Waals surface area contributed by atoms with Gasteiger partial charge in [-0.05, 0) is 30.2 Å². The number of hydrogen-bond donors (Lipinski definition) is 1. The summed E-state index contributed by atoms with van der Waals surface area (Å²) in [6.07, 6.45) is 13.7. The molecular formula is C22H31NO2. The number of rotatable bonds is 12. The van der Waals surface area contributed by atoms with E-state index < -0.39 is 0 Å². The Kier molecular flexibility index (Phi) is 8.89. The van der Waals surface area contributed by atoms with Crippen molar-refractivity contribution in [3.8, 4) is 22.8 Å². The van der Waals surface area contributed by atoms with Crippen LogP contribution >= 0.6 is 0 Å². The van der Waals surface area contributed by atoms with E-state index in [1.807, 2.05) is 30.5 Å². The summed E-state index contributed by atoms with van der Waals surface area (Å²) in [6.45, 7) is 3.00. The van der Waals surface area contributed by atoms with Gasteiger partial charge in [-0.2, -0.15) is 0 Å². The van der Waals surface area contributed by atoms with Crippen LogP contribution in [0.3, 0.4) is 0 Å². The van der Waals surface area contributed by atoms with Gasteiger partial charge in [0, 0.05) is 17.8 Å². The first-order valence-corrected chi connectivity index (χ1v) is 9.68. The summed E-state index contributed by atoms with van der Waals surface area (Å²) in [4.78, 5) is 4.37. The van der Waals surface area contributed by atoms with Crippen molar-refractivity contribution in [2.75, 3.05) is 6.61 Å². The van der Waals surface area contributed by atoms with Gasteiger partial charge in [0.05, 0.1) is 6.61 Å². The Morgan fingerprint density at radius 1 is 0.760 bits per heavy atom. The summed E-state index contributed by atoms with van der Waals surface area (Å²) in [5.41, 5.74) is 2.06. The lowest BCUT2D eigenvalue weighted by Gasteiger charge is -2.07. The average Bonchev–Trinajstić information content (AvgIpc) is 2.64. The van der Waals surface area contributed by atoms with Gasteiger partial charge in [-0.3, -0.25) is 0 Å². The highest BCUT2D eigenvalue weighted by Gasteiger charge is 2.00. The van der Waals surface area contributed by atoms with Gasteiger partial charge in [-0.1, -0.05) is 70.4 Å². The maximum atomic E-state index is 9.33. The second-order valence-corrected chi connectivity index (χ2v) is 6.61. The molecule has 1 N–H and O–H groups in total. The van der Waals surface area contributed by atoms with E-state index in [0.29, 0.717) is 5.88 Å². The summed E-state index contributed by atoms with van der Waals surface area (Å²) >= 11 is 0. The molecule has 0 aliphatic carbocycles. The van der Waals surface area contributed by atoms with E-state index in [2.05, 4.69) is 11.9 Å². The van der Waals surface area contributed by atoms with Crippen LogP contribution in [-0.4, -0.2) is 16.7 Å². The van der Waals surface area contributed by atoms with E-state index >= 15 is 0 Å². The zero-order chi connectivity index (χ0) is 17.7. The van der Waals surface area contributed by atoms with Gasteiger partial charge in [0.2, 0.25) is 5.88 Å². The topological polar surface area (TPSA) is 42.4 Å². The standard InChI is InChI=1S/C22H31NO2/c1-2-3-4-5-6-7-8-9-10-17-25-22-16-13-20(18-23-22)19-11-14-21(24)15-12-19/h11-16,18,24H,2-10,17H2,1H3. The molecule has 0 saturated carbocycles. The fraction of sp³-hybridized carbons (Fsp3) is 0.500. The first-order chi connectivity index (χ1) is 12.3. The predicted molar refractivity (Wildman–Crippen MR) is 104 cm³/mol. The van der Waals surface area contributed by atoms with Crippen molar-refractivity contribution in [3.63, 3.8) is 0 Å². The second-order valence-electron chi connectivity index (χ2n) is 6.61. The first kappa shape index (κ1) is 19.3. The van der Waals surface area contributed by atoms with E-state index in [0.717, 1.165) is 24.2 Å². The van der Waals surface area contributed by atoms with Gasteiger partial charge in [0.15, 0.2) is 0 Å². The molecule has 0 unspecified atom stereocenters. The molecule has 0 spiro atoms. The minimum atomic E-state index is 0.276. The zero-order valence-corrected chi connectivity index (χ0v) is 15.4. The molecule has 1 aromatic carbocycles. The summed E-state index contributed by atoms with van der Waals surface area (Å²) in [5.74, 6) is 0.958. The number of benzene rings is 1. The first-order valence-electron chi connectivity index (χ1n) is 9.68. The van der Waals surface area contributed by atoms with Gasteiger partial charge >= 0.3 is 0 Å². The average molecular weight is 341 g/mol. The summed E-state index contributed by atoms with van der Waals surface area (Å²) in [5, 5.41) is 9.33. The van der Waals surface area contributed by atoms with Crippen molar-refractivity contribution in [3.05, 3.63) is 42.6 Å². The van der Waals surface area contributed by atoms with E-state index in [9.17, 15) is 5.11 Å². The molecule has 2 rings (SSSR count). The Balaban J connectivity index is 1.58. The van der Waals surface area contributed by atoms with Crippen molar-refractivity contribution in [2.24, 2.45) is 0 Å². The lowest BCUT2D eigenvalue weighted by molar-refractivity contribution is 0.293. The quantitative estimate of drug-likeness (QED) is 0.456. The molecule has 1 heterocycles. The number of ether oxygens (including phenoxy) is 1. The summed E-state index contributed by atoms with van der Waals surface area (Å²) < 4.78 is 5.72. The number of unbranched alkanes of at least 4 members (excludes halogenated alkanes) is 8. The van der Waals surface area contributed by atoms with Gasteiger partial charge in [0.25, 0.3) is 0 Å². The molecule has 3 heteroatoms. The van der Waals surface area contributed by atoms with Crippen LogP contribution in [0.25, 0.3) is 11.1 Å². The van der Waals surface area contributed by atoms with E-state index in [1.54, 1.807) is 12.1 Å². The number of hydrogen-bond acceptors (Lipinski definition) is 3. The lowest BCUT2D eigenvalue weighted by Crippen LogP contribution is -1.99. The summed E-state index contributed by atoms with van der Waals surface area (Å²) in [6, 6.07) is 11.1. The third kappa shape index (κ3) is 7.59. The lowest BCUT2D eigenvalue weighted by atomic mass is 10.1. The minimum Gasteiger partial charge on any atom is -0.508 e. The molecule has 0 saturated heterocycles. The Hall–Kier alpha value is -2.03. The van der Waals surface area contributed by atoms with Crippen LogP contribution in [0.2, 0.25) is 0 Å². The Morgan fingerprint density at radius 3 is 1.96 bits per heavy atom. The Morgan fingerprint density at radius 2 is 1.36 bits per heavy atom. The molecule has 2 aromatic rings. The van der Waals surface area contributed by atoms with Crippen molar-refractivity contribution >= 4 is 0 Å². The maximum absolute atomic E-state index is 9.33. The van der Waals surface area contributed by atoms with Crippen LogP contribution in [0.4, 0.5) is 0 Å². The SMILES string of the molecule is CCCCCCCCCCCOc1ccc(-c2ccc(O)cc2)cn1. The molecule has 3 nitrogen and oxygen atoms in total. The van der Waals surface area contributed by atoms with Gasteiger partial charge < -0.3 is 9.84 Å². The van der Waals surface area contributed by atoms with Crippen molar-refractivity contribution in [1.29, 1.82) is 0 Å². The molecular weight excluding hydrogens is 310 g/mol. The molecule has 1 aromatic heterocycles. The van der Waals surface area contributed by atoms with Crippen LogP contribution in [0.5, 0.6) is 11.6 Å². The van der Waals surface area contributed by atoms with E-state index in [1.165, 1.54) is 51.4 Å². The highest BCUT2D eigenvalue weighted by atomic mass is 16.5. The fourth-order valence-corrected chi connectivity index (χ4v) is 2.88. The fourth-order valence-electron chi connectivity index (χ4n) is 2.88. The van der Waals surface area contributed by atoms with Crippen LogP contribution in [0, 0.1) is 0 Å². The molecule has 136 valence electrons. The molecule has 0 amide bonds. The molecule has 0 bridgehead atoms. The monoisotopic (exact) mass is 341 g/mol. The molecule has 0 aliphatic rings. The maximum Gasteiger partial charge on any atom is 0.213 e. The van der Waals surface area contributed by atoms with Crippen molar-refractivity contribution < 1.29 is 9.84 Å². The number of pyridine rings is 1. The van der Waals surface area contributed by atoms with Gasteiger partial charge in [-0.15, -0.1) is 0 Å². The van der Waals surface area contributed by atoms with Crippen LogP contribution in [0.1, 0.15) is 64.7 Å². The smallest absolute Gasteiger partial charge is 0.213 e. The number of phenols is 1.